The van der Waals surface area contributed by atoms with Gasteiger partial charge in [0.15, 0.2) is 5.60 Å². The summed E-state index contributed by atoms with van der Waals surface area (Å²) in [6.45, 7) is 5.86. The Morgan fingerprint density at radius 3 is 2.85 bits per heavy atom. The lowest BCUT2D eigenvalue weighted by atomic mass is 9.73. The molecule has 0 amide bonds. The number of nitrogens with zero attached hydrogens (tertiary/aromatic N) is 1. The van der Waals surface area contributed by atoms with Crippen molar-refractivity contribution >= 4 is 21.4 Å². The average Bonchev–Trinajstić information content (AvgIpc) is 3.01. The van der Waals surface area contributed by atoms with Gasteiger partial charge in [0.2, 0.25) is 0 Å². The van der Waals surface area contributed by atoms with Gasteiger partial charge < -0.3 is 14.3 Å². The van der Waals surface area contributed by atoms with E-state index in [1.54, 1.807) is 12.1 Å². The predicted octanol–water partition coefficient (Wildman–Crippen LogP) is 3.82. The van der Waals surface area contributed by atoms with E-state index >= 15 is 0 Å². The highest BCUT2D eigenvalue weighted by molar-refractivity contribution is 7.22. The minimum atomic E-state index is -1.42. The van der Waals surface area contributed by atoms with Gasteiger partial charge in [-0.2, -0.15) is 0 Å². The molecule has 26 heavy (non-hydrogen) atoms. The van der Waals surface area contributed by atoms with Crippen molar-refractivity contribution in [1.82, 2.24) is 4.98 Å². The standard InChI is InChI=1S/C19H18FNO4S/c1-18(2,3)19(23)9-24-8-12-11-6-14(10-4-5-21-7-13(10)20)26-15(11)17(22)25-16(12)19/h4-7,23H,8-9H2,1-3H3. The Hall–Kier alpha value is -2.09. The van der Waals surface area contributed by atoms with Crippen LogP contribution in [0.15, 0.2) is 33.7 Å². The SMILES string of the molecule is CC(C)(C)C1(O)COCc2c1oc(=O)c1sc(-c3ccncc3F)cc21. The highest BCUT2D eigenvalue weighted by Crippen LogP contribution is 2.46. The second kappa shape index (κ2) is 5.70. The Labute approximate surface area is 153 Å². The largest absolute Gasteiger partial charge is 0.423 e. The lowest BCUT2D eigenvalue weighted by Gasteiger charge is -2.42. The second-order valence-corrected chi connectivity index (χ2v) is 8.56. The minimum absolute atomic E-state index is 0.0495. The fourth-order valence-corrected chi connectivity index (χ4v) is 4.29. The molecule has 3 aromatic heterocycles. The van der Waals surface area contributed by atoms with Crippen LogP contribution in [-0.4, -0.2) is 16.7 Å². The molecule has 1 atom stereocenters. The number of thiophene rings is 1. The number of aliphatic hydroxyl groups is 1. The van der Waals surface area contributed by atoms with Gasteiger partial charge in [0.25, 0.3) is 0 Å². The molecule has 3 aromatic rings. The molecule has 0 saturated heterocycles. The minimum Gasteiger partial charge on any atom is -0.423 e. The molecule has 5 nitrogen and oxygen atoms in total. The second-order valence-electron chi connectivity index (χ2n) is 7.51. The van der Waals surface area contributed by atoms with Gasteiger partial charge in [-0.25, -0.2) is 9.18 Å². The van der Waals surface area contributed by atoms with Crippen LogP contribution in [0.4, 0.5) is 4.39 Å². The van der Waals surface area contributed by atoms with Crippen LogP contribution < -0.4 is 5.63 Å². The van der Waals surface area contributed by atoms with Crippen molar-refractivity contribution in [2.24, 2.45) is 5.41 Å². The van der Waals surface area contributed by atoms with Crippen molar-refractivity contribution in [3.8, 4) is 10.4 Å². The maximum Gasteiger partial charge on any atom is 0.354 e. The number of ether oxygens (including phenoxy) is 1. The summed E-state index contributed by atoms with van der Waals surface area (Å²) in [5.41, 5.74) is -1.54. The van der Waals surface area contributed by atoms with Crippen LogP contribution in [0.2, 0.25) is 0 Å². The topological polar surface area (TPSA) is 72.6 Å². The highest BCUT2D eigenvalue weighted by Gasteiger charge is 2.48. The summed E-state index contributed by atoms with van der Waals surface area (Å²) < 4.78 is 25.7. The zero-order valence-corrected chi connectivity index (χ0v) is 15.4. The van der Waals surface area contributed by atoms with Gasteiger partial charge in [-0.05, 0) is 12.1 Å². The summed E-state index contributed by atoms with van der Waals surface area (Å²) in [4.78, 5) is 16.9. The third-order valence-electron chi connectivity index (χ3n) is 4.92. The molecule has 0 saturated carbocycles. The summed E-state index contributed by atoms with van der Waals surface area (Å²) >= 11 is 1.16. The molecule has 0 spiro atoms. The molecule has 0 aromatic carbocycles. The molecule has 1 aliphatic rings. The molecule has 1 unspecified atom stereocenters. The van der Waals surface area contributed by atoms with Crippen molar-refractivity contribution < 1.29 is 18.7 Å². The van der Waals surface area contributed by atoms with Crippen LogP contribution in [0.5, 0.6) is 0 Å². The number of hydrogen-bond acceptors (Lipinski definition) is 6. The summed E-state index contributed by atoms with van der Waals surface area (Å²) in [6, 6.07) is 3.32. The first-order valence-electron chi connectivity index (χ1n) is 8.22. The van der Waals surface area contributed by atoms with E-state index in [9.17, 15) is 14.3 Å². The van der Waals surface area contributed by atoms with Crippen molar-refractivity contribution in [3.63, 3.8) is 0 Å². The van der Waals surface area contributed by atoms with E-state index in [-0.39, 0.29) is 19.0 Å². The van der Waals surface area contributed by atoms with Crippen molar-refractivity contribution in [3.05, 3.63) is 52.1 Å². The van der Waals surface area contributed by atoms with E-state index in [1.807, 2.05) is 20.8 Å². The van der Waals surface area contributed by atoms with Crippen LogP contribution in [-0.2, 0) is 16.9 Å². The van der Waals surface area contributed by atoms with Gasteiger partial charge in [-0.3, -0.25) is 4.98 Å². The molecule has 7 heteroatoms. The van der Waals surface area contributed by atoms with Gasteiger partial charge in [0.05, 0.1) is 19.4 Å². The van der Waals surface area contributed by atoms with Crippen LogP contribution in [0.1, 0.15) is 32.1 Å². The summed E-state index contributed by atoms with van der Waals surface area (Å²) in [5.74, 6) is -0.215. The predicted molar refractivity (Wildman–Crippen MR) is 96.6 cm³/mol. The summed E-state index contributed by atoms with van der Waals surface area (Å²) in [5, 5.41) is 11.8. The molecular formula is C19H18FNO4S. The molecule has 0 aliphatic carbocycles. The quantitative estimate of drug-likeness (QED) is 0.700. The van der Waals surface area contributed by atoms with E-state index in [4.69, 9.17) is 9.15 Å². The Balaban J connectivity index is 2.00. The van der Waals surface area contributed by atoms with E-state index in [0.717, 1.165) is 17.5 Å². The number of aromatic nitrogens is 1. The summed E-state index contributed by atoms with van der Waals surface area (Å²) in [6.07, 6.45) is 2.64. The first kappa shape index (κ1) is 17.3. The van der Waals surface area contributed by atoms with Crippen molar-refractivity contribution in [1.29, 1.82) is 0 Å². The maximum atomic E-state index is 14.1. The van der Waals surface area contributed by atoms with Crippen LogP contribution in [0.25, 0.3) is 20.5 Å². The van der Waals surface area contributed by atoms with E-state index in [2.05, 4.69) is 4.98 Å². The first-order valence-corrected chi connectivity index (χ1v) is 9.04. The number of pyridine rings is 1. The zero-order chi connectivity index (χ0) is 18.7. The van der Waals surface area contributed by atoms with Crippen LogP contribution >= 0.6 is 11.3 Å². The fourth-order valence-electron chi connectivity index (χ4n) is 3.20. The van der Waals surface area contributed by atoms with Crippen LogP contribution in [0.3, 0.4) is 0 Å². The molecule has 0 radical (unpaired) electrons. The van der Waals surface area contributed by atoms with Gasteiger partial charge in [0, 0.05) is 33.0 Å². The van der Waals surface area contributed by atoms with E-state index in [1.165, 1.54) is 6.20 Å². The Bertz CT molecular complexity index is 1070. The third-order valence-corrected chi connectivity index (χ3v) is 6.07. The number of halogens is 1. The Kier molecular flexibility index (Phi) is 3.80. The fraction of sp³-hybridized carbons (Fsp3) is 0.368. The highest BCUT2D eigenvalue weighted by atomic mass is 32.1. The Morgan fingerprint density at radius 1 is 1.38 bits per heavy atom. The molecular weight excluding hydrogens is 357 g/mol. The zero-order valence-electron chi connectivity index (χ0n) is 14.6. The molecule has 0 fully saturated rings. The van der Waals surface area contributed by atoms with E-state index < -0.39 is 22.5 Å². The Morgan fingerprint density at radius 2 is 2.15 bits per heavy atom. The molecule has 1 N–H and O–H groups in total. The van der Waals surface area contributed by atoms with Crippen molar-refractivity contribution in [2.45, 2.75) is 33.0 Å². The van der Waals surface area contributed by atoms with Gasteiger partial charge >= 0.3 is 5.63 Å². The number of fused-ring (bicyclic) bond motifs is 3. The maximum absolute atomic E-state index is 14.1. The normalized spacial score (nSPS) is 20.3. The average molecular weight is 375 g/mol. The molecule has 4 heterocycles. The molecule has 136 valence electrons. The molecule has 0 bridgehead atoms. The van der Waals surface area contributed by atoms with Crippen LogP contribution in [0, 0.1) is 11.2 Å². The lowest BCUT2D eigenvalue weighted by Crippen LogP contribution is -2.47. The van der Waals surface area contributed by atoms with Gasteiger partial charge in [-0.15, -0.1) is 11.3 Å². The number of hydrogen-bond donors (Lipinski definition) is 1. The lowest BCUT2D eigenvalue weighted by molar-refractivity contribution is -0.151. The van der Waals surface area contributed by atoms with Gasteiger partial charge in [-0.1, -0.05) is 20.8 Å². The monoisotopic (exact) mass is 375 g/mol. The molecule has 1 aliphatic heterocycles. The van der Waals surface area contributed by atoms with Gasteiger partial charge in [0.1, 0.15) is 16.3 Å². The summed E-state index contributed by atoms with van der Waals surface area (Å²) in [7, 11) is 0. The third kappa shape index (κ3) is 2.42. The van der Waals surface area contributed by atoms with Crippen molar-refractivity contribution in [2.75, 3.05) is 6.61 Å². The number of rotatable bonds is 1. The van der Waals surface area contributed by atoms with E-state index in [0.29, 0.717) is 26.1 Å². The molecule has 4 rings (SSSR count). The smallest absolute Gasteiger partial charge is 0.354 e. The first-order chi connectivity index (χ1) is 12.2.